The Morgan fingerprint density at radius 2 is 2.00 bits per heavy atom. The monoisotopic (exact) mass is 465 g/mol. The van der Waals surface area contributed by atoms with Crippen LogP contribution in [0.2, 0.25) is 0 Å². The molecular weight excluding hydrogens is 434 g/mol. The third-order valence-corrected chi connectivity index (χ3v) is 7.22. The summed E-state index contributed by atoms with van der Waals surface area (Å²) >= 11 is 1.63. The lowest BCUT2D eigenvalue weighted by Crippen LogP contribution is -2.48. The van der Waals surface area contributed by atoms with Crippen LogP contribution in [0.25, 0.3) is 10.4 Å². The number of hydrogen-bond acceptors (Lipinski definition) is 5. The molecule has 1 saturated heterocycles. The predicted molar refractivity (Wildman–Crippen MR) is 130 cm³/mol. The second kappa shape index (κ2) is 9.87. The van der Waals surface area contributed by atoms with Crippen molar-refractivity contribution in [2.45, 2.75) is 59.0 Å². The molecule has 174 valence electrons. The molecule has 0 bridgehead atoms. The molecule has 1 unspecified atom stereocenters. The molecule has 3 heterocycles. The minimum absolute atomic E-state index is 0.0153. The van der Waals surface area contributed by atoms with Crippen LogP contribution in [0.1, 0.15) is 55.3 Å². The maximum atomic E-state index is 13.5. The summed E-state index contributed by atoms with van der Waals surface area (Å²) in [5.41, 5.74) is 6.70. The van der Waals surface area contributed by atoms with Crippen LogP contribution in [0, 0.1) is 19.8 Å². The number of nitrogens with one attached hydrogen (secondary N) is 2. The largest absolute Gasteiger partial charge is 0.350 e. The van der Waals surface area contributed by atoms with E-state index in [1.165, 1.54) is 0 Å². The van der Waals surface area contributed by atoms with Crippen LogP contribution in [0.3, 0.4) is 0 Å². The maximum Gasteiger partial charge on any atom is 0.243 e. The van der Waals surface area contributed by atoms with Crippen molar-refractivity contribution in [3.8, 4) is 10.4 Å². The first-order valence-electron chi connectivity index (χ1n) is 11.4. The lowest BCUT2D eigenvalue weighted by Gasteiger charge is -2.29. The van der Waals surface area contributed by atoms with Crippen LogP contribution in [-0.4, -0.2) is 44.5 Å². The molecule has 1 fully saturated rings. The second-order valence-electron chi connectivity index (χ2n) is 9.07. The molecule has 2 atom stereocenters. The zero-order valence-corrected chi connectivity index (χ0v) is 20.4. The highest BCUT2D eigenvalue weighted by molar-refractivity contribution is 7.13. The summed E-state index contributed by atoms with van der Waals surface area (Å²) < 4.78 is 0. The van der Waals surface area contributed by atoms with Crippen molar-refractivity contribution in [3.05, 3.63) is 58.5 Å². The van der Waals surface area contributed by atoms with Crippen molar-refractivity contribution in [1.82, 2.24) is 25.4 Å². The number of likely N-dealkylation sites (tertiary alicyclic amines) is 1. The number of thiazole rings is 1. The van der Waals surface area contributed by atoms with E-state index in [4.69, 9.17) is 0 Å². The SMILES string of the molecule is Cc1cc(C(C(=O)N2CCC[C@H]2C(=O)NCc2ccc(-c3scnc3C)cc2)C(C)C)n[nH]1. The fraction of sp³-hybridized carbons (Fsp3) is 0.440. The molecule has 1 aliphatic heterocycles. The van der Waals surface area contributed by atoms with Gasteiger partial charge in [0.1, 0.15) is 6.04 Å². The van der Waals surface area contributed by atoms with Gasteiger partial charge in [0.05, 0.1) is 27.7 Å². The predicted octanol–water partition coefficient (Wildman–Crippen LogP) is 4.20. The molecule has 2 N–H and O–H groups in total. The minimum atomic E-state index is -0.432. The van der Waals surface area contributed by atoms with Crippen LogP contribution in [0.4, 0.5) is 0 Å². The Morgan fingerprint density at radius 3 is 2.61 bits per heavy atom. The van der Waals surface area contributed by atoms with Gasteiger partial charge in [-0.15, -0.1) is 11.3 Å². The molecule has 2 amide bonds. The van der Waals surface area contributed by atoms with E-state index >= 15 is 0 Å². The summed E-state index contributed by atoms with van der Waals surface area (Å²) in [6.45, 7) is 9.02. The zero-order valence-electron chi connectivity index (χ0n) is 19.6. The van der Waals surface area contributed by atoms with E-state index < -0.39 is 6.04 Å². The summed E-state index contributed by atoms with van der Waals surface area (Å²) in [6, 6.07) is 9.67. The summed E-state index contributed by atoms with van der Waals surface area (Å²) in [4.78, 5) is 33.7. The first kappa shape index (κ1) is 23.2. The van der Waals surface area contributed by atoms with E-state index in [-0.39, 0.29) is 23.7 Å². The molecule has 33 heavy (non-hydrogen) atoms. The number of H-pyrrole nitrogens is 1. The molecule has 8 heteroatoms. The van der Waals surface area contributed by atoms with Crippen LogP contribution in [0.15, 0.2) is 35.8 Å². The second-order valence-corrected chi connectivity index (χ2v) is 9.92. The standard InChI is InChI=1S/C25H31N5O2S/c1-15(2)22(20-12-16(3)28-29-20)25(32)30-11-5-6-21(30)24(31)26-13-18-7-9-19(10-8-18)23-17(4)27-14-33-23/h7-10,12,14-15,21-22H,5-6,11,13H2,1-4H3,(H,26,31)(H,28,29)/t21-,22?/m0/s1. The van der Waals surface area contributed by atoms with Gasteiger partial charge < -0.3 is 10.2 Å². The van der Waals surface area contributed by atoms with Gasteiger partial charge in [-0.25, -0.2) is 4.98 Å². The third kappa shape index (κ3) is 5.00. The quantitative estimate of drug-likeness (QED) is 0.547. The Kier molecular flexibility index (Phi) is 6.93. The molecule has 0 saturated carbocycles. The number of aromatic amines is 1. The number of benzene rings is 1. The van der Waals surface area contributed by atoms with Gasteiger partial charge in [-0.3, -0.25) is 14.7 Å². The third-order valence-electron chi connectivity index (χ3n) is 6.24. The minimum Gasteiger partial charge on any atom is -0.350 e. The Balaban J connectivity index is 1.40. The van der Waals surface area contributed by atoms with Gasteiger partial charge in [0, 0.05) is 18.8 Å². The van der Waals surface area contributed by atoms with Gasteiger partial charge in [-0.05, 0) is 49.8 Å². The van der Waals surface area contributed by atoms with Crippen LogP contribution in [0.5, 0.6) is 0 Å². The van der Waals surface area contributed by atoms with Crippen molar-refractivity contribution < 1.29 is 9.59 Å². The van der Waals surface area contributed by atoms with Gasteiger partial charge in [0.25, 0.3) is 0 Å². The summed E-state index contributed by atoms with van der Waals surface area (Å²) in [7, 11) is 0. The van der Waals surface area contributed by atoms with Crippen molar-refractivity contribution in [3.63, 3.8) is 0 Å². The number of aryl methyl sites for hydroxylation is 2. The van der Waals surface area contributed by atoms with Crippen molar-refractivity contribution >= 4 is 23.2 Å². The van der Waals surface area contributed by atoms with Gasteiger partial charge in [-0.1, -0.05) is 38.1 Å². The number of nitrogens with zero attached hydrogens (tertiary/aromatic N) is 3. The number of hydrogen-bond donors (Lipinski definition) is 2. The lowest BCUT2D eigenvalue weighted by molar-refractivity contribution is -0.140. The van der Waals surface area contributed by atoms with E-state index in [2.05, 4.69) is 32.6 Å². The molecule has 3 aromatic rings. The average Bonchev–Trinajstić information content (AvgIpc) is 3.53. The summed E-state index contributed by atoms with van der Waals surface area (Å²) in [6.07, 6.45) is 1.52. The van der Waals surface area contributed by atoms with Crippen LogP contribution < -0.4 is 5.32 Å². The molecule has 0 spiro atoms. The summed E-state index contributed by atoms with van der Waals surface area (Å²) in [5, 5.41) is 10.3. The molecule has 0 radical (unpaired) electrons. The highest BCUT2D eigenvalue weighted by atomic mass is 32.1. The topological polar surface area (TPSA) is 91.0 Å². The molecule has 2 aromatic heterocycles. The number of carbonyl (C=O) groups is 2. The van der Waals surface area contributed by atoms with E-state index in [0.29, 0.717) is 19.5 Å². The molecule has 0 aliphatic carbocycles. The van der Waals surface area contributed by atoms with E-state index in [9.17, 15) is 9.59 Å². The van der Waals surface area contributed by atoms with Crippen molar-refractivity contribution in [1.29, 1.82) is 0 Å². The maximum absolute atomic E-state index is 13.5. The Hall–Kier alpha value is -3.00. The zero-order chi connectivity index (χ0) is 23.5. The fourth-order valence-corrected chi connectivity index (χ4v) is 5.30. The normalized spacial score (nSPS) is 16.9. The molecule has 1 aliphatic rings. The Bertz CT molecular complexity index is 1120. The van der Waals surface area contributed by atoms with Gasteiger partial charge >= 0.3 is 0 Å². The van der Waals surface area contributed by atoms with Crippen LogP contribution >= 0.6 is 11.3 Å². The fourth-order valence-electron chi connectivity index (χ4n) is 4.49. The molecular formula is C25H31N5O2S. The molecule has 4 rings (SSSR count). The first-order valence-corrected chi connectivity index (χ1v) is 12.3. The van der Waals surface area contributed by atoms with Gasteiger partial charge in [-0.2, -0.15) is 5.10 Å². The summed E-state index contributed by atoms with van der Waals surface area (Å²) in [5.74, 6) is -0.376. The first-order chi connectivity index (χ1) is 15.8. The van der Waals surface area contributed by atoms with Gasteiger partial charge in [0.15, 0.2) is 0 Å². The van der Waals surface area contributed by atoms with E-state index in [1.807, 2.05) is 51.4 Å². The van der Waals surface area contributed by atoms with E-state index in [1.54, 1.807) is 16.2 Å². The van der Waals surface area contributed by atoms with Crippen LogP contribution in [-0.2, 0) is 16.1 Å². The average molecular weight is 466 g/mol. The highest BCUT2D eigenvalue weighted by Gasteiger charge is 2.39. The lowest BCUT2D eigenvalue weighted by atomic mass is 9.90. The Morgan fingerprint density at radius 1 is 1.24 bits per heavy atom. The number of amides is 2. The smallest absolute Gasteiger partial charge is 0.243 e. The number of carbonyl (C=O) groups excluding carboxylic acids is 2. The number of aromatic nitrogens is 3. The van der Waals surface area contributed by atoms with Crippen molar-refractivity contribution in [2.24, 2.45) is 5.92 Å². The molecule has 7 nitrogen and oxygen atoms in total. The molecule has 1 aromatic carbocycles. The van der Waals surface area contributed by atoms with Crippen molar-refractivity contribution in [2.75, 3.05) is 6.54 Å². The van der Waals surface area contributed by atoms with Gasteiger partial charge in [0.2, 0.25) is 11.8 Å². The highest BCUT2D eigenvalue weighted by Crippen LogP contribution is 2.30. The number of rotatable bonds is 7. The van der Waals surface area contributed by atoms with E-state index in [0.717, 1.165) is 39.5 Å². The Labute approximate surface area is 198 Å².